The van der Waals surface area contributed by atoms with Crippen molar-refractivity contribution in [2.75, 3.05) is 26.9 Å². The van der Waals surface area contributed by atoms with E-state index in [1.165, 1.54) is 5.56 Å². The molecule has 124 valence electrons. The Morgan fingerprint density at radius 1 is 1.27 bits per heavy atom. The molecule has 22 heavy (non-hydrogen) atoms. The van der Waals surface area contributed by atoms with E-state index in [0.29, 0.717) is 25.7 Å². The number of benzene rings is 1. The summed E-state index contributed by atoms with van der Waals surface area (Å²) in [6.07, 6.45) is 3.10. The van der Waals surface area contributed by atoms with Gasteiger partial charge in [0, 0.05) is 32.2 Å². The molecule has 5 nitrogen and oxygen atoms in total. The topological polar surface area (TPSA) is 68.9 Å². The summed E-state index contributed by atoms with van der Waals surface area (Å²) in [7, 11) is 1.70. The maximum Gasteiger partial charge on any atom is 0.188 e. The molecule has 0 aromatic heterocycles. The fourth-order valence-corrected chi connectivity index (χ4v) is 1.93. The zero-order valence-electron chi connectivity index (χ0n) is 14.0. The predicted molar refractivity (Wildman–Crippen MR) is 91.4 cm³/mol. The van der Waals surface area contributed by atoms with E-state index in [1.807, 2.05) is 12.1 Å². The molecule has 1 rings (SSSR count). The van der Waals surface area contributed by atoms with Crippen LogP contribution in [0.4, 0.5) is 0 Å². The average Bonchev–Trinajstić information content (AvgIpc) is 2.51. The number of aliphatic imine (C=N–C) groups is 1. The van der Waals surface area contributed by atoms with Gasteiger partial charge in [-0.3, -0.25) is 0 Å². The number of nitrogens with two attached hydrogens (primary N) is 1. The number of ether oxygens (including phenoxy) is 2. The SMILES string of the molecule is CCCCNC(N)=NCc1ccc(C)cc1OCCCOC. The molecule has 0 radical (unpaired) electrons. The van der Waals surface area contributed by atoms with Crippen LogP contribution in [0.1, 0.15) is 37.3 Å². The van der Waals surface area contributed by atoms with Crippen LogP contribution in [-0.2, 0) is 11.3 Å². The molecule has 0 atom stereocenters. The Bertz CT molecular complexity index is 461. The van der Waals surface area contributed by atoms with Gasteiger partial charge in [0.1, 0.15) is 5.75 Å². The summed E-state index contributed by atoms with van der Waals surface area (Å²) in [6.45, 7) is 6.92. The fourth-order valence-electron chi connectivity index (χ4n) is 1.93. The molecule has 3 N–H and O–H groups in total. The van der Waals surface area contributed by atoms with Crippen molar-refractivity contribution in [3.8, 4) is 5.75 Å². The van der Waals surface area contributed by atoms with Crippen LogP contribution in [0.25, 0.3) is 0 Å². The maximum atomic E-state index is 5.86. The predicted octanol–water partition coefficient (Wildman–Crippen LogP) is 2.61. The van der Waals surface area contributed by atoms with Gasteiger partial charge >= 0.3 is 0 Å². The van der Waals surface area contributed by atoms with Gasteiger partial charge in [-0.05, 0) is 25.0 Å². The molecule has 1 aromatic carbocycles. The molecule has 0 amide bonds. The van der Waals surface area contributed by atoms with Crippen LogP contribution in [0.15, 0.2) is 23.2 Å². The second-order valence-corrected chi connectivity index (χ2v) is 5.29. The average molecular weight is 307 g/mol. The number of methoxy groups -OCH3 is 1. The molecular weight excluding hydrogens is 278 g/mol. The minimum absolute atomic E-state index is 0.486. The lowest BCUT2D eigenvalue weighted by Crippen LogP contribution is -2.32. The number of guanidine groups is 1. The Labute approximate surface area is 133 Å². The third kappa shape index (κ3) is 7.31. The van der Waals surface area contributed by atoms with Crippen molar-refractivity contribution >= 4 is 5.96 Å². The summed E-state index contributed by atoms with van der Waals surface area (Å²) in [5, 5.41) is 3.11. The summed E-state index contributed by atoms with van der Waals surface area (Å²) in [4.78, 5) is 4.38. The summed E-state index contributed by atoms with van der Waals surface area (Å²) < 4.78 is 10.9. The second kappa shape index (κ2) is 10.9. The normalized spacial score (nSPS) is 11.5. The van der Waals surface area contributed by atoms with Crippen LogP contribution in [0.5, 0.6) is 5.75 Å². The highest BCUT2D eigenvalue weighted by Crippen LogP contribution is 2.21. The highest BCUT2D eigenvalue weighted by Gasteiger charge is 2.04. The largest absolute Gasteiger partial charge is 0.493 e. The third-order valence-corrected chi connectivity index (χ3v) is 3.23. The van der Waals surface area contributed by atoms with Crippen LogP contribution >= 0.6 is 0 Å². The van der Waals surface area contributed by atoms with Crippen LogP contribution in [0.3, 0.4) is 0 Å². The quantitative estimate of drug-likeness (QED) is 0.396. The number of nitrogens with one attached hydrogen (secondary N) is 1. The molecule has 0 saturated carbocycles. The van der Waals surface area contributed by atoms with Gasteiger partial charge in [-0.1, -0.05) is 25.5 Å². The Hall–Kier alpha value is -1.75. The summed E-state index contributed by atoms with van der Waals surface area (Å²) in [5.41, 5.74) is 8.08. The minimum Gasteiger partial charge on any atom is -0.493 e. The molecule has 0 aliphatic carbocycles. The molecular formula is C17H29N3O2. The molecule has 1 aromatic rings. The van der Waals surface area contributed by atoms with Crippen molar-refractivity contribution in [2.24, 2.45) is 10.7 Å². The van der Waals surface area contributed by atoms with E-state index in [9.17, 15) is 0 Å². The molecule has 0 heterocycles. The van der Waals surface area contributed by atoms with E-state index in [4.69, 9.17) is 15.2 Å². The van der Waals surface area contributed by atoms with E-state index >= 15 is 0 Å². The summed E-state index contributed by atoms with van der Waals surface area (Å²) in [5.74, 6) is 1.36. The minimum atomic E-state index is 0.486. The van der Waals surface area contributed by atoms with E-state index in [2.05, 4.69) is 30.2 Å². The Morgan fingerprint density at radius 3 is 2.82 bits per heavy atom. The monoisotopic (exact) mass is 307 g/mol. The molecule has 0 aliphatic heterocycles. The molecule has 5 heteroatoms. The molecule has 0 spiro atoms. The molecule has 0 bridgehead atoms. The zero-order valence-corrected chi connectivity index (χ0v) is 14.0. The van der Waals surface area contributed by atoms with Gasteiger partial charge in [0.25, 0.3) is 0 Å². The Morgan fingerprint density at radius 2 is 2.09 bits per heavy atom. The number of aryl methyl sites for hydroxylation is 1. The highest BCUT2D eigenvalue weighted by molar-refractivity contribution is 5.77. The third-order valence-electron chi connectivity index (χ3n) is 3.23. The van der Waals surface area contributed by atoms with Gasteiger partial charge in [-0.2, -0.15) is 0 Å². The van der Waals surface area contributed by atoms with E-state index in [1.54, 1.807) is 7.11 Å². The lowest BCUT2D eigenvalue weighted by molar-refractivity contribution is 0.172. The van der Waals surface area contributed by atoms with Crippen molar-refractivity contribution in [1.29, 1.82) is 0 Å². The lowest BCUT2D eigenvalue weighted by Gasteiger charge is -2.12. The first-order valence-electron chi connectivity index (χ1n) is 7.92. The Kier molecular flexibility index (Phi) is 9.07. The summed E-state index contributed by atoms with van der Waals surface area (Å²) in [6, 6.07) is 6.15. The number of hydrogen-bond donors (Lipinski definition) is 2. The smallest absolute Gasteiger partial charge is 0.188 e. The first-order chi connectivity index (χ1) is 10.7. The van der Waals surface area contributed by atoms with Crippen LogP contribution in [-0.4, -0.2) is 32.8 Å². The molecule has 0 saturated heterocycles. The van der Waals surface area contributed by atoms with E-state index < -0.39 is 0 Å². The second-order valence-electron chi connectivity index (χ2n) is 5.29. The standard InChI is InChI=1S/C17H29N3O2/c1-4-5-9-19-17(18)20-13-15-8-7-14(2)12-16(15)22-11-6-10-21-3/h7-8,12H,4-6,9-11,13H2,1-3H3,(H3,18,19,20). The van der Waals surface area contributed by atoms with Crippen LogP contribution < -0.4 is 15.8 Å². The molecule has 0 fully saturated rings. The zero-order chi connectivity index (χ0) is 16.2. The van der Waals surface area contributed by atoms with Gasteiger partial charge in [-0.15, -0.1) is 0 Å². The van der Waals surface area contributed by atoms with Crippen LogP contribution in [0, 0.1) is 6.92 Å². The maximum absolute atomic E-state index is 5.86. The first kappa shape index (κ1) is 18.3. The van der Waals surface area contributed by atoms with Gasteiger partial charge < -0.3 is 20.5 Å². The number of hydrogen-bond acceptors (Lipinski definition) is 3. The molecule has 0 aliphatic rings. The van der Waals surface area contributed by atoms with Crippen LogP contribution in [0.2, 0.25) is 0 Å². The van der Waals surface area contributed by atoms with Gasteiger partial charge in [0.05, 0.1) is 13.2 Å². The highest BCUT2D eigenvalue weighted by atomic mass is 16.5. The van der Waals surface area contributed by atoms with Crippen molar-refractivity contribution in [1.82, 2.24) is 5.32 Å². The van der Waals surface area contributed by atoms with Gasteiger partial charge in [0.2, 0.25) is 0 Å². The Balaban J connectivity index is 2.58. The van der Waals surface area contributed by atoms with Gasteiger partial charge in [-0.25, -0.2) is 4.99 Å². The fraction of sp³-hybridized carbons (Fsp3) is 0.588. The van der Waals surface area contributed by atoms with Crippen molar-refractivity contribution in [2.45, 2.75) is 39.7 Å². The number of unbranched alkanes of at least 4 members (excludes halogenated alkanes) is 1. The molecule has 0 unspecified atom stereocenters. The first-order valence-corrected chi connectivity index (χ1v) is 7.92. The van der Waals surface area contributed by atoms with E-state index in [-0.39, 0.29) is 0 Å². The van der Waals surface area contributed by atoms with Gasteiger partial charge in [0.15, 0.2) is 5.96 Å². The number of nitrogens with zero attached hydrogens (tertiary/aromatic N) is 1. The summed E-state index contributed by atoms with van der Waals surface area (Å²) >= 11 is 0. The van der Waals surface area contributed by atoms with E-state index in [0.717, 1.165) is 37.1 Å². The van der Waals surface area contributed by atoms with Crippen molar-refractivity contribution < 1.29 is 9.47 Å². The lowest BCUT2D eigenvalue weighted by atomic mass is 10.1. The number of rotatable bonds is 10. The van der Waals surface area contributed by atoms with Crippen molar-refractivity contribution in [3.05, 3.63) is 29.3 Å². The van der Waals surface area contributed by atoms with Crippen molar-refractivity contribution in [3.63, 3.8) is 0 Å².